The fourth-order valence-electron chi connectivity index (χ4n) is 3.58. The van der Waals surface area contributed by atoms with E-state index in [4.69, 9.17) is 9.47 Å². The molecule has 31 heavy (non-hydrogen) atoms. The van der Waals surface area contributed by atoms with Crippen LogP contribution in [-0.2, 0) is 9.47 Å². The Bertz CT molecular complexity index is 1010. The first kappa shape index (κ1) is 21.3. The van der Waals surface area contributed by atoms with Crippen LogP contribution in [0.4, 0.5) is 0 Å². The summed E-state index contributed by atoms with van der Waals surface area (Å²) in [4.78, 5) is 25.6. The molecule has 1 fully saturated rings. The smallest absolute Gasteiger partial charge is 0.338 e. The zero-order valence-electron chi connectivity index (χ0n) is 16.9. The number of rotatable bonds is 7. The molecule has 0 aliphatic heterocycles. The molecule has 3 aromatic carbocycles. The summed E-state index contributed by atoms with van der Waals surface area (Å²) in [7, 11) is 0. The van der Waals surface area contributed by atoms with Crippen molar-refractivity contribution < 1.29 is 19.1 Å². The fourth-order valence-corrected chi connectivity index (χ4v) is 4.48. The molecular weight excluding hydrogens is 456 g/mol. The van der Waals surface area contributed by atoms with Crippen LogP contribution < -0.4 is 0 Å². The molecule has 4 nitrogen and oxygen atoms in total. The van der Waals surface area contributed by atoms with E-state index < -0.39 is 18.0 Å². The maximum atomic E-state index is 12.6. The Morgan fingerprint density at radius 2 is 1.35 bits per heavy atom. The molecule has 0 N–H and O–H groups in total. The van der Waals surface area contributed by atoms with Crippen molar-refractivity contribution in [3.63, 3.8) is 0 Å². The molecule has 0 spiro atoms. The van der Waals surface area contributed by atoms with E-state index in [9.17, 15) is 9.59 Å². The third-order valence-corrected chi connectivity index (χ3v) is 6.24. The number of esters is 2. The van der Waals surface area contributed by atoms with Crippen molar-refractivity contribution in [3.8, 4) is 0 Å². The van der Waals surface area contributed by atoms with Crippen molar-refractivity contribution in [2.75, 3.05) is 6.61 Å². The van der Waals surface area contributed by atoms with Crippen LogP contribution in [0.25, 0.3) is 0 Å². The number of carbonyl (C=O) groups is 2. The Kier molecular flexibility index (Phi) is 6.82. The van der Waals surface area contributed by atoms with Crippen molar-refractivity contribution >= 4 is 27.9 Å². The number of halogens is 1. The first-order chi connectivity index (χ1) is 15.1. The van der Waals surface area contributed by atoms with E-state index in [0.717, 1.165) is 18.4 Å². The SMILES string of the molecule is O=C(OC[C@@H](OC(=O)c1ccccc1)c1ccc(C2CC(Br)C2)cc1)c1ccccc1. The molecule has 0 heterocycles. The minimum Gasteiger partial charge on any atom is -0.458 e. The quantitative estimate of drug-likeness (QED) is 0.304. The van der Waals surface area contributed by atoms with Gasteiger partial charge >= 0.3 is 11.9 Å². The zero-order chi connectivity index (χ0) is 21.6. The molecule has 0 aromatic heterocycles. The Morgan fingerprint density at radius 3 is 1.90 bits per heavy atom. The summed E-state index contributed by atoms with van der Waals surface area (Å²) in [5, 5.41) is 0. The van der Waals surface area contributed by atoms with E-state index in [0.29, 0.717) is 21.9 Å². The Morgan fingerprint density at radius 1 is 0.806 bits per heavy atom. The molecule has 0 bridgehead atoms. The van der Waals surface area contributed by atoms with Gasteiger partial charge in [-0.3, -0.25) is 0 Å². The lowest BCUT2D eigenvalue weighted by atomic mass is 9.79. The van der Waals surface area contributed by atoms with E-state index in [1.54, 1.807) is 48.5 Å². The average molecular weight is 479 g/mol. The van der Waals surface area contributed by atoms with Gasteiger partial charge in [0, 0.05) is 4.83 Å². The van der Waals surface area contributed by atoms with Gasteiger partial charge in [0.05, 0.1) is 11.1 Å². The van der Waals surface area contributed by atoms with Crippen LogP contribution in [0.5, 0.6) is 0 Å². The highest BCUT2D eigenvalue weighted by atomic mass is 79.9. The monoisotopic (exact) mass is 478 g/mol. The summed E-state index contributed by atoms with van der Waals surface area (Å²) in [5.74, 6) is -0.345. The molecule has 0 unspecified atom stereocenters. The number of hydrogen-bond acceptors (Lipinski definition) is 4. The predicted octanol–water partition coefficient (Wildman–Crippen LogP) is 6.08. The summed E-state index contributed by atoms with van der Waals surface area (Å²) in [6, 6.07) is 25.6. The Balaban J connectivity index is 1.49. The van der Waals surface area contributed by atoms with Crippen LogP contribution in [0.3, 0.4) is 0 Å². The van der Waals surface area contributed by atoms with Gasteiger partial charge in [0.15, 0.2) is 6.10 Å². The topological polar surface area (TPSA) is 52.6 Å². The van der Waals surface area contributed by atoms with Crippen LogP contribution in [-0.4, -0.2) is 23.4 Å². The summed E-state index contributed by atoms with van der Waals surface area (Å²) in [6.45, 7) is -0.0570. The molecular formula is C26H23BrO4. The predicted molar refractivity (Wildman–Crippen MR) is 122 cm³/mol. The van der Waals surface area contributed by atoms with Gasteiger partial charge in [-0.15, -0.1) is 0 Å². The molecule has 1 atom stereocenters. The average Bonchev–Trinajstić information content (AvgIpc) is 2.80. The van der Waals surface area contributed by atoms with Crippen molar-refractivity contribution in [2.24, 2.45) is 0 Å². The Hall–Kier alpha value is -2.92. The Labute approximate surface area is 190 Å². The van der Waals surface area contributed by atoms with Gasteiger partial charge in [-0.1, -0.05) is 76.6 Å². The normalized spacial score (nSPS) is 18.5. The third kappa shape index (κ3) is 5.42. The number of ether oxygens (including phenoxy) is 2. The fraction of sp³-hybridized carbons (Fsp3) is 0.231. The lowest BCUT2D eigenvalue weighted by Gasteiger charge is -2.31. The number of hydrogen-bond donors (Lipinski definition) is 0. The van der Waals surface area contributed by atoms with Crippen LogP contribution in [0, 0.1) is 0 Å². The summed E-state index contributed by atoms with van der Waals surface area (Å²) >= 11 is 3.63. The number of benzene rings is 3. The first-order valence-electron chi connectivity index (χ1n) is 10.3. The minimum absolute atomic E-state index is 0.0570. The molecule has 1 aliphatic rings. The van der Waals surface area contributed by atoms with Crippen molar-refractivity contribution in [3.05, 3.63) is 107 Å². The van der Waals surface area contributed by atoms with Gasteiger partial charge in [0.25, 0.3) is 0 Å². The lowest BCUT2D eigenvalue weighted by Crippen LogP contribution is -2.22. The summed E-state index contributed by atoms with van der Waals surface area (Å²) < 4.78 is 11.2. The van der Waals surface area contributed by atoms with Gasteiger partial charge in [-0.2, -0.15) is 0 Å². The van der Waals surface area contributed by atoms with Gasteiger partial charge in [-0.25, -0.2) is 9.59 Å². The second-order valence-electron chi connectivity index (χ2n) is 7.66. The number of alkyl halides is 1. The van der Waals surface area contributed by atoms with E-state index in [2.05, 4.69) is 28.1 Å². The van der Waals surface area contributed by atoms with Gasteiger partial charge in [0.2, 0.25) is 0 Å². The maximum absolute atomic E-state index is 12.6. The second-order valence-corrected chi connectivity index (χ2v) is 8.95. The molecule has 5 heteroatoms. The van der Waals surface area contributed by atoms with E-state index >= 15 is 0 Å². The molecule has 0 amide bonds. The lowest BCUT2D eigenvalue weighted by molar-refractivity contribution is -0.00134. The van der Waals surface area contributed by atoms with E-state index in [1.807, 2.05) is 24.3 Å². The van der Waals surface area contributed by atoms with Gasteiger partial charge in [0.1, 0.15) is 6.61 Å². The van der Waals surface area contributed by atoms with Gasteiger partial charge in [-0.05, 0) is 54.2 Å². The van der Waals surface area contributed by atoms with Crippen LogP contribution in [0.1, 0.15) is 56.7 Å². The van der Waals surface area contributed by atoms with Crippen LogP contribution >= 0.6 is 15.9 Å². The maximum Gasteiger partial charge on any atom is 0.338 e. The molecule has 158 valence electrons. The highest BCUT2D eigenvalue weighted by Gasteiger charge is 2.28. The van der Waals surface area contributed by atoms with Crippen molar-refractivity contribution in [1.29, 1.82) is 0 Å². The molecule has 0 saturated heterocycles. The largest absolute Gasteiger partial charge is 0.458 e. The zero-order valence-corrected chi connectivity index (χ0v) is 18.5. The van der Waals surface area contributed by atoms with Crippen LogP contribution in [0.2, 0.25) is 0 Å². The number of carbonyl (C=O) groups excluding carboxylic acids is 2. The summed E-state index contributed by atoms with van der Waals surface area (Å²) in [5.41, 5.74) is 2.98. The molecule has 1 aliphatic carbocycles. The third-order valence-electron chi connectivity index (χ3n) is 5.49. The van der Waals surface area contributed by atoms with Crippen molar-refractivity contribution in [1.82, 2.24) is 0 Å². The standard InChI is InChI=1S/C26H23BrO4/c27-23-15-22(16-23)18-11-13-19(14-12-18)24(31-26(29)21-9-5-2-6-10-21)17-30-25(28)20-7-3-1-4-8-20/h1-14,22-24H,15-17H2/t22?,23?,24-/m1/s1. The highest BCUT2D eigenvalue weighted by molar-refractivity contribution is 9.09. The molecule has 1 saturated carbocycles. The minimum atomic E-state index is -0.695. The first-order valence-corrected chi connectivity index (χ1v) is 11.2. The highest BCUT2D eigenvalue weighted by Crippen LogP contribution is 2.41. The second kappa shape index (κ2) is 9.92. The van der Waals surface area contributed by atoms with Gasteiger partial charge < -0.3 is 9.47 Å². The van der Waals surface area contributed by atoms with E-state index in [1.165, 1.54) is 5.56 Å². The molecule has 0 radical (unpaired) electrons. The molecule has 3 aromatic rings. The van der Waals surface area contributed by atoms with E-state index in [-0.39, 0.29) is 6.61 Å². The molecule has 4 rings (SSSR count). The summed E-state index contributed by atoms with van der Waals surface area (Å²) in [6.07, 6.45) is 1.56. The van der Waals surface area contributed by atoms with Crippen molar-refractivity contribution in [2.45, 2.75) is 29.7 Å². The van der Waals surface area contributed by atoms with Crippen LogP contribution in [0.15, 0.2) is 84.9 Å².